The highest BCUT2D eigenvalue weighted by Gasteiger charge is 2.53. The molecule has 2 aliphatic carbocycles. The lowest BCUT2D eigenvalue weighted by Crippen LogP contribution is -2.19. The van der Waals surface area contributed by atoms with Crippen molar-refractivity contribution in [1.29, 1.82) is 0 Å². The molecule has 98 valence electrons. The maximum Gasteiger partial charge on any atom is 0.169 e. The van der Waals surface area contributed by atoms with Crippen molar-refractivity contribution in [1.82, 2.24) is 9.97 Å². The van der Waals surface area contributed by atoms with Gasteiger partial charge in [-0.2, -0.15) is 0 Å². The fourth-order valence-corrected chi connectivity index (χ4v) is 2.99. The molecule has 4 heteroatoms. The lowest BCUT2D eigenvalue weighted by atomic mass is 10.0. The normalized spacial score (nSPS) is 20.4. The first-order chi connectivity index (χ1) is 9.27. The third-order valence-corrected chi connectivity index (χ3v) is 4.54. The molecule has 1 aromatic carbocycles. The highest BCUT2D eigenvalue weighted by molar-refractivity contribution is 5.79. The molecule has 19 heavy (non-hydrogen) atoms. The molecule has 0 bridgehead atoms. The third-order valence-electron chi connectivity index (χ3n) is 4.54. The second-order valence-corrected chi connectivity index (χ2v) is 5.94. The zero-order valence-electron chi connectivity index (χ0n) is 10.9. The zero-order chi connectivity index (χ0) is 12.9. The number of hydrogen-bond acceptors (Lipinski definition) is 4. The summed E-state index contributed by atoms with van der Waals surface area (Å²) in [4.78, 5) is 9.00. The molecule has 0 unspecified atom stereocenters. The lowest BCUT2D eigenvalue weighted by molar-refractivity contribution is 0.466. The van der Waals surface area contributed by atoms with Crippen molar-refractivity contribution in [2.24, 2.45) is 11.3 Å². The summed E-state index contributed by atoms with van der Waals surface area (Å²) >= 11 is 0. The van der Waals surface area contributed by atoms with Gasteiger partial charge in [-0.05, 0) is 49.1 Å². The predicted octanol–water partition coefficient (Wildman–Crippen LogP) is 2.81. The summed E-state index contributed by atoms with van der Waals surface area (Å²) < 4.78 is 0. The van der Waals surface area contributed by atoms with Gasteiger partial charge in [-0.3, -0.25) is 0 Å². The summed E-state index contributed by atoms with van der Waals surface area (Å²) in [5.41, 5.74) is 8.29. The average Bonchev–Trinajstić information content (AvgIpc) is 3.27. The van der Waals surface area contributed by atoms with Crippen LogP contribution in [0.5, 0.6) is 0 Å². The van der Waals surface area contributed by atoms with Crippen molar-refractivity contribution in [3.63, 3.8) is 0 Å². The van der Waals surface area contributed by atoms with Gasteiger partial charge in [-0.15, -0.1) is 0 Å². The van der Waals surface area contributed by atoms with Gasteiger partial charge in [-0.1, -0.05) is 12.1 Å². The van der Waals surface area contributed by atoms with E-state index in [1.54, 1.807) is 0 Å². The zero-order valence-corrected chi connectivity index (χ0v) is 10.9. The average molecular weight is 254 g/mol. The number of benzene rings is 1. The number of para-hydroxylation sites is 2. The fourth-order valence-electron chi connectivity index (χ4n) is 2.99. The van der Waals surface area contributed by atoms with E-state index in [0.717, 1.165) is 29.3 Å². The van der Waals surface area contributed by atoms with Crippen LogP contribution in [-0.4, -0.2) is 16.5 Å². The van der Waals surface area contributed by atoms with E-state index in [2.05, 4.69) is 15.3 Å². The highest BCUT2D eigenvalue weighted by atomic mass is 15.1. The van der Waals surface area contributed by atoms with Crippen LogP contribution in [0.4, 0.5) is 11.6 Å². The summed E-state index contributed by atoms with van der Waals surface area (Å²) in [5, 5.41) is 3.43. The molecular weight excluding hydrogens is 236 g/mol. The molecule has 0 spiro atoms. The van der Waals surface area contributed by atoms with E-state index in [1.807, 2.05) is 24.3 Å². The second-order valence-electron chi connectivity index (χ2n) is 5.94. The Labute approximate surface area is 112 Å². The fraction of sp³-hybridized carbons (Fsp3) is 0.467. The van der Waals surface area contributed by atoms with Crippen LogP contribution in [0.2, 0.25) is 0 Å². The summed E-state index contributed by atoms with van der Waals surface area (Å²) in [6.07, 6.45) is 5.51. The Balaban J connectivity index is 1.58. The number of nitrogens with zero attached hydrogens (tertiary/aromatic N) is 2. The third kappa shape index (κ3) is 1.91. The van der Waals surface area contributed by atoms with Gasteiger partial charge in [0.2, 0.25) is 0 Å². The van der Waals surface area contributed by atoms with Crippen molar-refractivity contribution in [2.45, 2.75) is 25.7 Å². The second kappa shape index (κ2) is 3.83. The van der Waals surface area contributed by atoms with Gasteiger partial charge in [0.15, 0.2) is 11.6 Å². The van der Waals surface area contributed by atoms with Crippen LogP contribution in [-0.2, 0) is 0 Å². The van der Waals surface area contributed by atoms with Crippen LogP contribution >= 0.6 is 0 Å². The maximum atomic E-state index is 5.99. The summed E-state index contributed by atoms with van der Waals surface area (Å²) in [6, 6.07) is 7.84. The SMILES string of the molecule is Nc1nc2ccccc2nc1NCC1(C2CC2)CC1. The molecular formula is C15H18N4. The Kier molecular flexibility index (Phi) is 2.22. The lowest BCUT2D eigenvalue weighted by Gasteiger charge is -2.16. The number of nitrogens with one attached hydrogen (secondary N) is 1. The number of fused-ring (bicyclic) bond motifs is 1. The molecule has 2 aliphatic rings. The van der Waals surface area contributed by atoms with Gasteiger partial charge >= 0.3 is 0 Å². The van der Waals surface area contributed by atoms with Crippen LogP contribution < -0.4 is 11.1 Å². The topological polar surface area (TPSA) is 63.8 Å². The molecule has 0 saturated heterocycles. The van der Waals surface area contributed by atoms with Crippen molar-refractivity contribution in [3.8, 4) is 0 Å². The first-order valence-electron chi connectivity index (χ1n) is 7.03. The number of hydrogen-bond donors (Lipinski definition) is 2. The number of aromatic nitrogens is 2. The molecule has 1 aromatic heterocycles. The quantitative estimate of drug-likeness (QED) is 0.880. The molecule has 4 nitrogen and oxygen atoms in total. The Hall–Kier alpha value is -1.84. The van der Waals surface area contributed by atoms with Gasteiger partial charge in [-0.25, -0.2) is 9.97 Å². The smallest absolute Gasteiger partial charge is 0.169 e. The van der Waals surface area contributed by atoms with Crippen LogP contribution in [0.15, 0.2) is 24.3 Å². The summed E-state index contributed by atoms with van der Waals surface area (Å²) in [6.45, 7) is 0.995. The van der Waals surface area contributed by atoms with Crippen LogP contribution in [0.25, 0.3) is 11.0 Å². The highest BCUT2D eigenvalue weighted by Crippen LogP contribution is 2.61. The first kappa shape index (κ1) is 11.0. The largest absolute Gasteiger partial charge is 0.381 e. The molecule has 2 aromatic rings. The van der Waals surface area contributed by atoms with Crippen molar-refractivity contribution >= 4 is 22.7 Å². The molecule has 2 fully saturated rings. The Bertz CT molecular complexity index is 629. The van der Waals surface area contributed by atoms with Gasteiger partial charge < -0.3 is 11.1 Å². The number of anilines is 2. The van der Waals surface area contributed by atoms with Crippen molar-refractivity contribution in [3.05, 3.63) is 24.3 Å². The molecule has 0 aliphatic heterocycles. The number of nitrogen functional groups attached to an aromatic ring is 1. The van der Waals surface area contributed by atoms with Crippen LogP contribution in [0, 0.1) is 11.3 Å². The molecule has 1 heterocycles. The first-order valence-corrected chi connectivity index (χ1v) is 7.03. The molecule has 0 radical (unpaired) electrons. The minimum absolute atomic E-state index is 0.505. The molecule has 2 saturated carbocycles. The summed E-state index contributed by atoms with van der Waals surface area (Å²) in [5.74, 6) is 2.19. The van der Waals surface area contributed by atoms with E-state index >= 15 is 0 Å². The molecule has 0 atom stereocenters. The minimum atomic E-state index is 0.505. The van der Waals surface area contributed by atoms with Gasteiger partial charge in [0, 0.05) is 6.54 Å². The number of nitrogens with two attached hydrogens (primary N) is 1. The van der Waals surface area contributed by atoms with E-state index in [0.29, 0.717) is 11.2 Å². The molecule has 3 N–H and O–H groups in total. The van der Waals surface area contributed by atoms with E-state index in [1.165, 1.54) is 25.7 Å². The summed E-state index contributed by atoms with van der Waals surface area (Å²) in [7, 11) is 0. The predicted molar refractivity (Wildman–Crippen MR) is 76.8 cm³/mol. The molecule has 0 amide bonds. The molecule has 4 rings (SSSR count). The van der Waals surface area contributed by atoms with E-state index < -0.39 is 0 Å². The Morgan fingerprint density at radius 1 is 1.16 bits per heavy atom. The minimum Gasteiger partial charge on any atom is -0.381 e. The van der Waals surface area contributed by atoms with Gasteiger partial charge in [0.05, 0.1) is 11.0 Å². The Morgan fingerprint density at radius 3 is 2.47 bits per heavy atom. The number of rotatable bonds is 4. The van der Waals surface area contributed by atoms with Crippen LogP contribution in [0.3, 0.4) is 0 Å². The van der Waals surface area contributed by atoms with Crippen molar-refractivity contribution < 1.29 is 0 Å². The van der Waals surface area contributed by atoms with E-state index in [9.17, 15) is 0 Å². The van der Waals surface area contributed by atoms with Crippen LogP contribution in [0.1, 0.15) is 25.7 Å². The van der Waals surface area contributed by atoms with Gasteiger partial charge in [0.25, 0.3) is 0 Å². The van der Waals surface area contributed by atoms with Crippen molar-refractivity contribution in [2.75, 3.05) is 17.6 Å². The monoisotopic (exact) mass is 254 g/mol. The standard InChI is InChI=1S/C15H18N4/c16-13-14(17-9-15(7-8-15)10-5-6-10)19-12-4-2-1-3-11(12)18-13/h1-4,10H,5-9H2,(H2,16,18)(H,17,19). The van der Waals surface area contributed by atoms with E-state index in [4.69, 9.17) is 5.73 Å². The van der Waals surface area contributed by atoms with Gasteiger partial charge in [0.1, 0.15) is 0 Å². The maximum absolute atomic E-state index is 5.99. The van der Waals surface area contributed by atoms with E-state index in [-0.39, 0.29) is 0 Å². The Morgan fingerprint density at radius 2 is 1.84 bits per heavy atom.